The van der Waals surface area contributed by atoms with Gasteiger partial charge in [0.25, 0.3) is 0 Å². The molecule has 0 aliphatic carbocycles. The second-order valence-electron chi connectivity index (χ2n) is 4.65. The summed E-state index contributed by atoms with van der Waals surface area (Å²) in [5.74, 6) is 1.11. The summed E-state index contributed by atoms with van der Waals surface area (Å²) in [6.45, 7) is 6.39. The van der Waals surface area contributed by atoms with Crippen LogP contribution in [0.5, 0.6) is 0 Å². The summed E-state index contributed by atoms with van der Waals surface area (Å²) >= 11 is 0. The molecule has 1 aliphatic rings. The van der Waals surface area contributed by atoms with Crippen LogP contribution in [0.25, 0.3) is 0 Å². The van der Waals surface area contributed by atoms with E-state index in [4.69, 9.17) is 14.5 Å². The van der Waals surface area contributed by atoms with E-state index in [1.165, 1.54) is 17.5 Å². The minimum absolute atomic E-state index is 0.380. The van der Waals surface area contributed by atoms with Crippen LogP contribution in [0, 0.1) is 6.92 Å². The fourth-order valence-electron chi connectivity index (χ4n) is 2.60. The first-order chi connectivity index (χ1) is 8.71. The second-order valence-corrected chi connectivity index (χ2v) is 4.65. The van der Waals surface area contributed by atoms with Crippen molar-refractivity contribution in [3.63, 3.8) is 0 Å². The zero-order chi connectivity index (χ0) is 13.1. The Morgan fingerprint density at radius 1 is 1.39 bits per heavy atom. The summed E-state index contributed by atoms with van der Waals surface area (Å²) < 4.78 is 10.6. The molecule has 0 radical (unpaired) electrons. The molecule has 0 fully saturated rings. The average Bonchev–Trinajstić information content (AvgIpc) is 2.39. The van der Waals surface area contributed by atoms with Gasteiger partial charge in [0.05, 0.1) is 5.69 Å². The Bertz CT molecular complexity index is 417. The third-order valence-electron chi connectivity index (χ3n) is 3.55. The Hall–Kier alpha value is -1.13. The minimum atomic E-state index is -0.380. The molecule has 0 bridgehead atoms. The van der Waals surface area contributed by atoms with E-state index in [0.717, 1.165) is 31.0 Å². The molecule has 0 aromatic carbocycles. The minimum Gasteiger partial charge on any atom is -0.357 e. The predicted molar refractivity (Wildman–Crippen MR) is 71.9 cm³/mol. The number of hydrogen-bond donors (Lipinski definition) is 0. The lowest BCUT2D eigenvalue weighted by molar-refractivity contribution is -0.108. The molecule has 2 rings (SSSR count). The molecule has 0 unspecified atom stereocenters. The Morgan fingerprint density at radius 2 is 2.11 bits per heavy atom. The standard InChI is InChI=1S/C14H22N2O2/c1-5-16-8-6-7-11-10(2)9-12(15-13(11)16)14(17-3)18-4/h9,14H,5-8H2,1-4H3. The highest BCUT2D eigenvalue weighted by atomic mass is 16.7. The van der Waals surface area contributed by atoms with Crippen LogP contribution in [0.15, 0.2) is 6.07 Å². The molecule has 0 amide bonds. The number of ether oxygens (including phenoxy) is 2. The number of nitrogens with zero attached hydrogens (tertiary/aromatic N) is 2. The molecule has 1 aliphatic heterocycles. The normalized spacial score (nSPS) is 15.1. The van der Waals surface area contributed by atoms with E-state index >= 15 is 0 Å². The summed E-state index contributed by atoms with van der Waals surface area (Å²) in [5.41, 5.74) is 3.52. The van der Waals surface area contributed by atoms with Crippen molar-refractivity contribution in [1.29, 1.82) is 0 Å². The molecule has 1 aromatic rings. The third-order valence-corrected chi connectivity index (χ3v) is 3.55. The number of pyridine rings is 1. The molecular formula is C14H22N2O2. The maximum atomic E-state index is 5.30. The van der Waals surface area contributed by atoms with Crippen molar-refractivity contribution in [2.24, 2.45) is 0 Å². The van der Waals surface area contributed by atoms with Crippen LogP contribution in [0.3, 0.4) is 0 Å². The van der Waals surface area contributed by atoms with Gasteiger partial charge in [0, 0.05) is 27.3 Å². The summed E-state index contributed by atoms with van der Waals surface area (Å²) in [4.78, 5) is 7.08. The smallest absolute Gasteiger partial charge is 0.200 e. The number of anilines is 1. The van der Waals surface area contributed by atoms with Crippen LogP contribution in [0.1, 0.15) is 36.5 Å². The fraction of sp³-hybridized carbons (Fsp3) is 0.643. The molecule has 0 N–H and O–H groups in total. The third kappa shape index (κ3) is 2.35. The number of hydrogen-bond acceptors (Lipinski definition) is 4. The van der Waals surface area contributed by atoms with E-state index in [0.29, 0.717) is 0 Å². The van der Waals surface area contributed by atoms with Crippen LogP contribution in [-0.2, 0) is 15.9 Å². The zero-order valence-electron chi connectivity index (χ0n) is 11.7. The van der Waals surface area contributed by atoms with Gasteiger partial charge in [0.2, 0.25) is 6.29 Å². The van der Waals surface area contributed by atoms with E-state index in [-0.39, 0.29) is 6.29 Å². The van der Waals surface area contributed by atoms with Crippen molar-refractivity contribution in [1.82, 2.24) is 4.98 Å². The molecule has 4 nitrogen and oxygen atoms in total. The summed E-state index contributed by atoms with van der Waals surface area (Å²) in [6, 6.07) is 2.08. The molecule has 4 heteroatoms. The Labute approximate surface area is 109 Å². The quantitative estimate of drug-likeness (QED) is 0.769. The Morgan fingerprint density at radius 3 is 2.72 bits per heavy atom. The van der Waals surface area contributed by atoms with Gasteiger partial charge in [-0.05, 0) is 43.9 Å². The molecule has 100 valence electrons. The van der Waals surface area contributed by atoms with Crippen molar-refractivity contribution in [2.45, 2.75) is 33.0 Å². The van der Waals surface area contributed by atoms with Crippen LogP contribution in [-0.4, -0.2) is 32.3 Å². The van der Waals surface area contributed by atoms with Crippen LogP contribution in [0.2, 0.25) is 0 Å². The molecule has 0 spiro atoms. The monoisotopic (exact) mass is 250 g/mol. The molecular weight excluding hydrogens is 228 g/mol. The van der Waals surface area contributed by atoms with Gasteiger partial charge in [-0.3, -0.25) is 0 Å². The Kier molecular flexibility index (Phi) is 4.19. The fourth-order valence-corrected chi connectivity index (χ4v) is 2.60. The number of rotatable bonds is 4. The average molecular weight is 250 g/mol. The number of aryl methyl sites for hydroxylation is 1. The van der Waals surface area contributed by atoms with Crippen molar-refractivity contribution in [3.8, 4) is 0 Å². The van der Waals surface area contributed by atoms with E-state index < -0.39 is 0 Å². The first-order valence-corrected chi connectivity index (χ1v) is 6.52. The van der Waals surface area contributed by atoms with E-state index in [9.17, 15) is 0 Å². The van der Waals surface area contributed by atoms with Gasteiger partial charge >= 0.3 is 0 Å². The van der Waals surface area contributed by atoms with Gasteiger partial charge in [-0.15, -0.1) is 0 Å². The lowest BCUT2D eigenvalue weighted by Gasteiger charge is -2.31. The highest BCUT2D eigenvalue weighted by Crippen LogP contribution is 2.30. The molecule has 18 heavy (non-hydrogen) atoms. The van der Waals surface area contributed by atoms with Gasteiger partial charge in [0.15, 0.2) is 0 Å². The lowest BCUT2D eigenvalue weighted by atomic mass is 10.00. The van der Waals surface area contributed by atoms with Gasteiger partial charge in [0.1, 0.15) is 5.82 Å². The zero-order valence-corrected chi connectivity index (χ0v) is 11.7. The van der Waals surface area contributed by atoms with Crippen molar-refractivity contribution >= 4 is 5.82 Å². The number of aromatic nitrogens is 1. The first kappa shape index (κ1) is 13.3. The predicted octanol–water partition coefficient (Wildman–Crippen LogP) is 2.45. The highest BCUT2D eigenvalue weighted by Gasteiger charge is 2.22. The molecule has 0 saturated heterocycles. The largest absolute Gasteiger partial charge is 0.357 e. The van der Waals surface area contributed by atoms with Crippen molar-refractivity contribution in [3.05, 3.63) is 22.9 Å². The summed E-state index contributed by atoms with van der Waals surface area (Å²) in [6.07, 6.45) is 1.95. The lowest BCUT2D eigenvalue weighted by Crippen LogP contribution is -2.31. The van der Waals surface area contributed by atoms with Crippen LogP contribution in [0.4, 0.5) is 5.82 Å². The molecule has 0 atom stereocenters. The summed E-state index contributed by atoms with van der Waals surface area (Å²) in [7, 11) is 3.28. The summed E-state index contributed by atoms with van der Waals surface area (Å²) in [5, 5.41) is 0. The topological polar surface area (TPSA) is 34.6 Å². The van der Waals surface area contributed by atoms with Gasteiger partial charge in [-0.25, -0.2) is 4.98 Å². The first-order valence-electron chi connectivity index (χ1n) is 6.52. The second kappa shape index (κ2) is 5.67. The van der Waals surface area contributed by atoms with Gasteiger partial charge in [-0.1, -0.05) is 0 Å². The highest BCUT2D eigenvalue weighted by molar-refractivity contribution is 5.53. The number of methoxy groups -OCH3 is 2. The number of fused-ring (bicyclic) bond motifs is 1. The molecule has 0 saturated carbocycles. The Balaban J connectivity index is 2.44. The maximum absolute atomic E-state index is 5.30. The van der Waals surface area contributed by atoms with E-state index in [1.807, 2.05) is 0 Å². The van der Waals surface area contributed by atoms with Crippen molar-refractivity contribution in [2.75, 3.05) is 32.2 Å². The molecule has 1 aromatic heterocycles. The van der Waals surface area contributed by atoms with E-state index in [1.54, 1.807) is 14.2 Å². The van der Waals surface area contributed by atoms with Crippen LogP contribution >= 0.6 is 0 Å². The SMILES string of the molecule is CCN1CCCc2c(C)cc(C(OC)OC)nc21. The van der Waals surface area contributed by atoms with E-state index in [2.05, 4.69) is 24.8 Å². The van der Waals surface area contributed by atoms with Crippen molar-refractivity contribution < 1.29 is 9.47 Å². The van der Waals surface area contributed by atoms with Gasteiger partial charge in [-0.2, -0.15) is 0 Å². The van der Waals surface area contributed by atoms with Crippen LogP contribution < -0.4 is 4.90 Å². The van der Waals surface area contributed by atoms with Gasteiger partial charge < -0.3 is 14.4 Å². The molecule has 2 heterocycles. The maximum Gasteiger partial charge on any atom is 0.200 e.